The van der Waals surface area contributed by atoms with E-state index in [1.165, 1.54) is 0 Å². The van der Waals surface area contributed by atoms with Crippen LogP contribution in [0.4, 0.5) is 14.5 Å². The largest absolute Gasteiger partial charge is 0.384 e. The van der Waals surface area contributed by atoms with Gasteiger partial charge in [0.05, 0.1) is 0 Å². The van der Waals surface area contributed by atoms with Crippen LogP contribution in [0, 0.1) is 22.5 Å². The number of nitrogens with one attached hydrogen (secondary N) is 1. The summed E-state index contributed by atoms with van der Waals surface area (Å²) in [7, 11) is 1.73. The van der Waals surface area contributed by atoms with Crippen molar-refractivity contribution in [3.05, 3.63) is 29.3 Å². The molecule has 1 aliphatic carbocycles. The first-order chi connectivity index (χ1) is 9.71. The lowest BCUT2D eigenvalue weighted by Gasteiger charge is -2.39. The Bertz CT molecular complexity index is 521. The molecule has 0 heterocycles. The summed E-state index contributed by atoms with van der Waals surface area (Å²) in [5.41, 5.74) is 5.65. The smallest absolute Gasteiger partial charge is 0.150 e. The highest BCUT2D eigenvalue weighted by molar-refractivity contribution is 5.95. The number of benzene rings is 1. The Morgan fingerprint density at radius 1 is 1.24 bits per heavy atom. The summed E-state index contributed by atoms with van der Waals surface area (Å²) >= 11 is 0. The van der Waals surface area contributed by atoms with Crippen molar-refractivity contribution < 1.29 is 8.78 Å². The van der Waals surface area contributed by atoms with E-state index in [-0.39, 0.29) is 23.1 Å². The third kappa shape index (κ3) is 3.34. The van der Waals surface area contributed by atoms with Gasteiger partial charge in [-0.1, -0.05) is 13.8 Å². The first kappa shape index (κ1) is 15.7. The van der Waals surface area contributed by atoms with E-state index in [0.29, 0.717) is 5.41 Å². The summed E-state index contributed by atoms with van der Waals surface area (Å²) in [6.07, 6.45) is 3.96. The summed E-state index contributed by atoms with van der Waals surface area (Å²) in [6.45, 7) is 4.46. The fourth-order valence-electron chi connectivity index (χ4n) is 3.01. The van der Waals surface area contributed by atoms with Crippen LogP contribution in [0.25, 0.3) is 0 Å². The predicted octanol–water partition coefficient (Wildman–Crippen LogP) is 3.65. The van der Waals surface area contributed by atoms with Crippen molar-refractivity contribution in [2.24, 2.45) is 11.1 Å². The predicted molar refractivity (Wildman–Crippen MR) is 81.8 cm³/mol. The van der Waals surface area contributed by atoms with Gasteiger partial charge in [-0.15, -0.1) is 0 Å². The average molecular weight is 295 g/mol. The summed E-state index contributed by atoms with van der Waals surface area (Å²) < 4.78 is 28.4. The van der Waals surface area contributed by atoms with Gasteiger partial charge in [0.1, 0.15) is 23.2 Å². The zero-order chi connectivity index (χ0) is 15.8. The van der Waals surface area contributed by atoms with Gasteiger partial charge in [-0.3, -0.25) is 5.41 Å². The molecule has 3 nitrogen and oxygen atoms in total. The van der Waals surface area contributed by atoms with Gasteiger partial charge in [0.15, 0.2) is 0 Å². The van der Waals surface area contributed by atoms with Gasteiger partial charge in [-0.05, 0) is 43.2 Å². The van der Waals surface area contributed by atoms with Gasteiger partial charge in [-0.25, -0.2) is 8.78 Å². The van der Waals surface area contributed by atoms with E-state index in [1.807, 2.05) is 0 Å². The van der Waals surface area contributed by atoms with Crippen molar-refractivity contribution in [1.29, 1.82) is 5.41 Å². The zero-order valence-electron chi connectivity index (χ0n) is 12.8. The first-order valence-electron chi connectivity index (χ1n) is 7.27. The Labute approximate surface area is 124 Å². The van der Waals surface area contributed by atoms with E-state index in [0.717, 1.165) is 37.8 Å². The Hall–Kier alpha value is -1.65. The van der Waals surface area contributed by atoms with Gasteiger partial charge < -0.3 is 10.6 Å². The second-order valence-electron chi connectivity index (χ2n) is 6.71. The molecular weight excluding hydrogens is 272 g/mol. The van der Waals surface area contributed by atoms with Gasteiger partial charge in [0.25, 0.3) is 0 Å². The third-order valence-electron chi connectivity index (χ3n) is 4.54. The van der Waals surface area contributed by atoms with E-state index >= 15 is 0 Å². The van der Waals surface area contributed by atoms with Crippen molar-refractivity contribution in [3.8, 4) is 0 Å². The van der Waals surface area contributed by atoms with Crippen LogP contribution < -0.4 is 10.6 Å². The van der Waals surface area contributed by atoms with Crippen molar-refractivity contribution in [2.75, 3.05) is 11.9 Å². The van der Waals surface area contributed by atoms with Gasteiger partial charge in [0.2, 0.25) is 0 Å². The van der Waals surface area contributed by atoms with Crippen molar-refractivity contribution in [3.63, 3.8) is 0 Å². The molecule has 0 amide bonds. The SMILES string of the molecule is CN(c1c(F)cc(C(=N)N)cc1F)C1CCC(C)(C)CC1. The molecule has 0 aromatic heterocycles. The molecule has 1 saturated carbocycles. The highest BCUT2D eigenvalue weighted by Gasteiger charge is 2.30. The number of halogens is 2. The quantitative estimate of drug-likeness (QED) is 0.660. The summed E-state index contributed by atoms with van der Waals surface area (Å²) in [4.78, 5) is 1.70. The Morgan fingerprint density at radius 3 is 2.14 bits per heavy atom. The van der Waals surface area contributed by atoms with Gasteiger partial charge in [-0.2, -0.15) is 0 Å². The van der Waals surface area contributed by atoms with E-state index in [1.54, 1.807) is 11.9 Å². The van der Waals surface area contributed by atoms with Gasteiger partial charge >= 0.3 is 0 Å². The van der Waals surface area contributed by atoms with Crippen LogP contribution in [0.15, 0.2) is 12.1 Å². The lowest BCUT2D eigenvalue weighted by molar-refractivity contribution is 0.222. The zero-order valence-corrected chi connectivity index (χ0v) is 12.8. The molecule has 1 fully saturated rings. The summed E-state index contributed by atoms with van der Waals surface area (Å²) in [5.74, 6) is -1.65. The van der Waals surface area contributed by atoms with E-state index in [9.17, 15) is 8.78 Å². The van der Waals surface area contributed by atoms with Crippen LogP contribution in [0.3, 0.4) is 0 Å². The Balaban J connectivity index is 2.24. The molecule has 0 radical (unpaired) electrons. The second-order valence-corrected chi connectivity index (χ2v) is 6.71. The Kier molecular flexibility index (Phi) is 4.21. The second kappa shape index (κ2) is 5.62. The lowest BCUT2D eigenvalue weighted by Crippen LogP contribution is -2.38. The molecule has 1 aromatic carbocycles. The molecule has 0 aliphatic heterocycles. The molecule has 0 unspecified atom stereocenters. The fraction of sp³-hybridized carbons (Fsp3) is 0.562. The molecule has 21 heavy (non-hydrogen) atoms. The minimum Gasteiger partial charge on any atom is -0.384 e. The van der Waals surface area contributed by atoms with Crippen LogP contribution in [0.5, 0.6) is 0 Å². The number of nitrogen functional groups attached to an aromatic ring is 1. The first-order valence-corrected chi connectivity index (χ1v) is 7.27. The lowest BCUT2D eigenvalue weighted by atomic mass is 9.75. The maximum absolute atomic E-state index is 14.2. The maximum Gasteiger partial charge on any atom is 0.150 e. The molecular formula is C16H23F2N3. The highest BCUT2D eigenvalue weighted by Crippen LogP contribution is 2.38. The number of nitrogens with zero attached hydrogens (tertiary/aromatic N) is 1. The average Bonchev–Trinajstić information content (AvgIpc) is 2.37. The van der Waals surface area contributed by atoms with Crippen LogP contribution in [0.1, 0.15) is 45.1 Å². The molecule has 1 aromatic rings. The summed E-state index contributed by atoms with van der Waals surface area (Å²) in [5, 5.41) is 7.28. The molecule has 0 atom stereocenters. The number of hydrogen-bond donors (Lipinski definition) is 2. The highest BCUT2D eigenvalue weighted by atomic mass is 19.1. The van der Waals surface area contributed by atoms with Crippen LogP contribution in [0.2, 0.25) is 0 Å². The molecule has 0 saturated heterocycles. The maximum atomic E-state index is 14.2. The Morgan fingerprint density at radius 2 is 1.71 bits per heavy atom. The fourth-order valence-corrected chi connectivity index (χ4v) is 3.01. The number of nitrogens with two attached hydrogens (primary N) is 1. The topological polar surface area (TPSA) is 53.1 Å². The van der Waals surface area contributed by atoms with Crippen LogP contribution in [-0.2, 0) is 0 Å². The van der Waals surface area contributed by atoms with Crippen LogP contribution >= 0.6 is 0 Å². The molecule has 5 heteroatoms. The number of hydrogen-bond acceptors (Lipinski definition) is 2. The van der Waals surface area contributed by atoms with E-state index in [4.69, 9.17) is 11.1 Å². The molecule has 0 bridgehead atoms. The molecule has 0 spiro atoms. The van der Waals surface area contributed by atoms with Crippen molar-refractivity contribution in [2.45, 2.75) is 45.6 Å². The molecule has 2 rings (SSSR count). The molecule has 116 valence electrons. The number of rotatable bonds is 3. The van der Waals surface area contributed by atoms with Crippen molar-refractivity contribution >= 4 is 11.5 Å². The summed E-state index contributed by atoms with van der Waals surface area (Å²) in [6, 6.07) is 2.40. The molecule has 3 N–H and O–H groups in total. The minimum atomic E-state index is -0.660. The number of anilines is 1. The monoisotopic (exact) mass is 295 g/mol. The number of amidine groups is 1. The van der Waals surface area contributed by atoms with E-state index in [2.05, 4.69) is 13.8 Å². The van der Waals surface area contributed by atoms with Crippen LogP contribution in [-0.4, -0.2) is 18.9 Å². The standard InChI is InChI=1S/C16H23F2N3/c1-16(2)6-4-11(5-7-16)21(3)14-12(17)8-10(15(19)20)9-13(14)18/h8-9,11H,4-7H2,1-3H3,(H3,19,20). The normalized spacial score (nSPS) is 18.5. The third-order valence-corrected chi connectivity index (χ3v) is 4.54. The van der Waals surface area contributed by atoms with Crippen molar-refractivity contribution in [1.82, 2.24) is 0 Å². The molecule has 1 aliphatic rings. The van der Waals surface area contributed by atoms with Gasteiger partial charge in [0, 0.05) is 18.7 Å². The minimum absolute atomic E-state index is 0.0234. The van der Waals surface area contributed by atoms with E-state index < -0.39 is 11.6 Å².